The topological polar surface area (TPSA) is 44.1 Å². The zero-order valence-corrected chi connectivity index (χ0v) is 19.7. The molecule has 0 saturated heterocycles. The third-order valence-electron chi connectivity index (χ3n) is 6.09. The molecule has 0 N–H and O–H groups in total. The van der Waals surface area contributed by atoms with Crippen LogP contribution in [0.2, 0.25) is 0 Å². The molecule has 0 amide bonds. The number of nitrogens with zero attached hydrogens (tertiary/aromatic N) is 2. The highest BCUT2D eigenvalue weighted by Crippen LogP contribution is 2.28. The van der Waals surface area contributed by atoms with Crippen LogP contribution in [0.25, 0.3) is 10.9 Å². The maximum atomic E-state index is 13.9. The molecule has 33 heavy (non-hydrogen) atoms. The molecule has 0 saturated carbocycles. The molecule has 1 unspecified atom stereocenters. The first-order valence-corrected chi connectivity index (χ1v) is 11.9. The van der Waals surface area contributed by atoms with Crippen molar-refractivity contribution in [2.24, 2.45) is 0 Å². The molecule has 0 fully saturated rings. The second-order valence-electron chi connectivity index (χ2n) is 8.66. The van der Waals surface area contributed by atoms with Crippen molar-refractivity contribution in [1.29, 1.82) is 0 Å². The first-order valence-electron chi connectivity index (χ1n) is 11.9. The monoisotopic (exact) mass is 440 g/mol. The molecule has 4 rings (SSSR count). The number of aromatic nitrogens is 2. The summed E-state index contributed by atoms with van der Waals surface area (Å²) in [5.41, 5.74) is 2.73. The molecular formula is C29H32N2O2. The lowest BCUT2D eigenvalue weighted by Gasteiger charge is -2.23. The fourth-order valence-electron chi connectivity index (χ4n) is 4.40. The minimum Gasteiger partial charge on any atom is -0.491 e. The fraction of sp³-hybridized carbons (Fsp3) is 0.310. The summed E-state index contributed by atoms with van der Waals surface area (Å²) in [5, 5.41) is 0.579. The summed E-state index contributed by atoms with van der Waals surface area (Å²) in [4.78, 5) is 18.7. The predicted octanol–water partition coefficient (Wildman–Crippen LogP) is 6.69. The Morgan fingerprint density at radius 1 is 0.909 bits per heavy atom. The van der Waals surface area contributed by atoms with Crippen LogP contribution in [0.1, 0.15) is 62.5 Å². The Bertz CT molecular complexity index is 1210. The van der Waals surface area contributed by atoms with Gasteiger partial charge in [-0.15, -0.1) is 0 Å². The van der Waals surface area contributed by atoms with Crippen LogP contribution in [0.15, 0.2) is 83.7 Å². The molecule has 4 heteroatoms. The zero-order chi connectivity index (χ0) is 23.2. The van der Waals surface area contributed by atoms with Gasteiger partial charge in [-0.25, -0.2) is 4.98 Å². The van der Waals surface area contributed by atoms with E-state index in [4.69, 9.17) is 9.72 Å². The molecule has 3 aromatic carbocycles. The van der Waals surface area contributed by atoms with Gasteiger partial charge in [-0.2, -0.15) is 0 Å². The highest BCUT2D eigenvalue weighted by Gasteiger charge is 2.21. The number of ether oxygens (including phenoxy) is 1. The Morgan fingerprint density at radius 2 is 1.55 bits per heavy atom. The van der Waals surface area contributed by atoms with Crippen molar-refractivity contribution in [1.82, 2.24) is 9.55 Å². The Labute approximate surface area is 195 Å². The average Bonchev–Trinajstić information content (AvgIpc) is 2.83. The highest BCUT2D eigenvalue weighted by atomic mass is 16.5. The van der Waals surface area contributed by atoms with E-state index in [0.29, 0.717) is 16.7 Å². The third kappa shape index (κ3) is 5.16. The molecule has 170 valence electrons. The normalized spacial score (nSPS) is 12.2. The van der Waals surface area contributed by atoms with E-state index in [2.05, 4.69) is 38.1 Å². The van der Waals surface area contributed by atoms with Gasteiger partial charge < -0.3 is 4.74 Å². The lowest BCUT2D eigenvalue weighted by atomic mass is 9.98. The summed E-state index contributed by atoms with van der Waals surface area (Å²) in [6.07, 6.45) is 4.66. The summed E-state index contributed by atoms with van der Waals surface area (Å²) < 4.78 is 7.95. The largest absolute Gasteiger partial charge is 0.491 e. The zero-order valence-electron chi connectivity index (χ0n) is 19.7. The molecule has 0 aliphatic heterocycles. The Morgan fingerprint density at radius 3 is 2.15 bits per heavy atom. The molecule has 4 aromatic rings. The van der Waals surface area contributed by atoms with Crippen LogP contribution in [0.3, 0.4) is 0 Å². The van der Waals surface area contributed by atoms with E-state index in [9.17, 15) is 4.79 Å². The Kier molecular flexibility index (Phi) is 7.23. The van der Waals surface area contributed by atoms with Crippen molar-refractivity contribution >= 4 is 10.9 Å². The van der Waals surface area contributed by atoms with E-state index in [1.54, 1.807) is 0 Å². The molecule has 0 aliphatic rings. The van der Waals surface area contributed by atoms with Crippen LogP contribution in [0, 0.1) is 6.92 Å². The minimum absolute atomic E-state index is 0.0562. The van der Waals surface area contributed by atoms with Crippen LogP contribution in [-0.4, -0.2) is 15.7 Å². The van der Waals surface area contributed by atoms with Gasteiger partial charge in [0.05, 0.1) is 23.0 Å². The maximum absolute atomic E-state index is 13.9. The van der Waals surface area contributed by atoms with Crippen LogP contribution < -0.4 is 10.3 Å². The van der Waals surface area contributed by atoms with Gasteiger partial charge in [-0.05, 0) is 56.0 Å². The summed E-state index contributed by atoms with van der Waals surface area (Å²) in [5.74, 6) is 1.41. The lowest BCUT2D eigenvalue weighted by Crippen LogP contribution is -2.29. The molecule has 1 heterocycles. The Balaban J connectivity index is 1.78. The van der Waals surface area contributed by atoms with Crippen LogP contribution in [0.4, 0.5) is 0 Å². The summed E-state index contributed by atoms with van der Waals surface area (Å²) in [6, 6.07) is 25.7. The maximum Gasteiger partial charge on any atom is 0.262 e. The van der Waals surface area contributed by atoms with E-state index in [1.807, 2.05) is 66.1 Å². The van der Waals surface area contributed by atoms with E-state index >= 15 is 0 Å². The molecule has 0 radical (unpaired) electrons. The van der Waals surface area contributed by atoms with Crippen molar-refractivity contribution in [3.63, 3.8) is 0 Å². The van der Waals surface area contributed by atoms with Gasteiger partial charge >= 0.3 is 0 Å². The molecule has 0 spiro atoms. The van der Waals surface area contributed by atoms with Crippen LogP contribution in [0.5, 0.6) is 5.75 Å². The molecule has 4 nitrogen and oxygen atoms in total. The number of rotatable bonds is 9. The molecule has 0 aliphatic carbocycles. The summed E-state index contributed by atoms with van der Waals surface area (Å²) >= 11 is 0. The molecule has 1 aromatic heterocycles. The van der Waals surface area contributed by atoms with Crippen molar-refractivity contribution in [3.8, 4) is 5.75 Å². The van der Waals surface area contributed by atoms with Gasteiger partial charge in [-0.3, -0.25) is 9.36 Å². The molecule has 1 atom stereocenters. The van der Waals surface area contributed by atoms with Crippen LogP contribution >= 0.6 is 0 Å². The number of hydrogen-bond acceptors (Lipinski definition) is 3. The number of aryl methyl sites for hydroxylation is 1. The number of fused-ring (bicyclic) bond motifs is 1. The van der Waals surface area contributed by atoms with Crippen molar-refractivity contribution in [3.05, 3.63) is 106 Å². The fourth-order valence-corrected chi connectivity index (χ4v) is 4.40. The van der Waals surface area contributed by atoms with E-state index in [0.717, 1.165) is 29.7 Å². The first-order chi connectivity index (χ1) is 16.1. The Hall–Kier alpha value is -3.40. The second-order valence-corrected chi connectivity index (χ2v) is 8.66. The van der Waals surface area contributed by atoms with Crippen molar-refractivity contribution < 1.29 is 4.74 Å². The van der Waals surface area contributed by atoms with E-state index in [1.165, 1.54) is 12.8 Å². The quantitative estimate of drug-likeness (QED) is 0.272. The molecular weight excluding hydrogens is 408 g/mol. The average molecular weight is 441 g/mol. The highest BCUT2D eigenvalue weighted by molar-refractivity contribution is 5.79. The summed E-state index contributed by atoms with van der Waals surface area (Å²) in [6.45, 7) is 6.19. The van der Waals surface area contributed by atoms with Gasteiger partial charge in [-0.1, -0.05) is 80.4 Å². The van der Waals surface area contributed by atoms with Crippen molar-refractivity contribution in [2.75, 3.05) is 0 Å². The SMILES string of the molecule is CCCCCC(C)Oc1ccc2nc(C)n(C(c3ccccc3)c3ccccc3)c(=O)c2c1. The number of hydrogen-bond donors (Lipinski definition) is 0. The smallest absolute Gasteiger partial charge is 0.262 e. The van der Waals surface area contributed by atoms with Gasteiger partial charge in [0.25, 0.3) is 5.56 Å². The van der Waals surface area contributed by atoms with Crippen molar-refractivity contribution in [2.45, 2.75) is 58.6 Å². The van der Waals surface area contributed by atoms with Gasteiger partial charge in [0, 0.05) is 0 Å². The standard InChI is InChI=1S/C29H32N2O2/c1-4-5-8-13-21(2)33-25-18-19-27-26(20-25)29(32)31(22(3)30-27)28(23-14-9-6-10-15-23)24-16-11-7-12-17-24/h6-7,9-12,14-21,28H,4-5,8,13H2,1-3H3. The van der Waals surface area contributed by atoms with Gasteiger partial charge in [0.1, 0.15) is 11.6 Å². The lowest BCUT2D eigenvalue weighted by molar-refractivity contribution is 0.207. The van der Waals surface area contributed by atoms with Crippen LogP contribution in [-0.2, 0) is 0 Å². The van der Waals surface area contributed by atoms with Gasteiger partial charge in [0.15, 0.2) is 0 Å². The third-order valence-corrected chi connectivity index (χ3v) is 6.09. The summed E-state index contributed by atoms with van der Waals surface area (Å²) in [7, 11) is 0. The first kappa shape index (κ1) is 22.8. The minimum atomic E-state index is -0.255. The molecule has 0 bridgehead atoms. The number of unbranched alkanes of at least 4 members (excludes halogenated alkanes) is 2. The van der Waals surface area contributed by atoms with Gasteiger partial charge in [0.2, 0.25) is 0 Å². The second kappa shape index (κ2) is 10.5. The van der Waals surface area contributed by atoms with E-state index < -0.39 is 0 Å². The van der Waals surface area contributed by atoms with E-state index in [-0.39, 0.29) is 17.7 Å². The number of benzene rings is 3. The predicted molar refractivity (Wildman–Crippen MR) is 135 cm³/mol.